The number of rotatable bonds is 3. The maximum absolute atomic E-state index is 14.8. The molecule has 134 valence electrons. The third-order valence-corrected chi connectivity index (χ3v) is 5.17. The summed E-state index contributed by atoms with van der Waals surface area (Å²) in [6.45, 7) is 1.73. The Morgan fingerprint density at radius 1 is 0.889 bits per heavy atom. The smallest absolute Gasteiger partial charge is 0.129 e. The summed E-state index contributed by atoms with van der Waals surface area (Å²) < 4.78 is 14.8. The van der Waals surface area contributed by atoms with Crippen molar-refractivity contribution in [3.63, 3.8) is 0 Å². The van der Waals surface area contributed by atoms with Crippen LogP contribution in [0.2, 0.25) is 0 Å². The molecule has 0 aromatic heterocycles. The number of hydrogen-bond donors (Lipinski definition) is 1. The standard InChI is InChI=1S/C23H19FN2O/c24-22-10-7-17-6-8-19-18-4-2-1-3-16(18)5-9-20(19)23(17)21(22)15-27-26-13-11-25-12-14-26/h1-11,13,25H,12,14-15H2. The van der Waals surface area contributed by atoms with Crippen LogP contribution in [0.25, 0.3) is 32.3 Å². The second-order valence-electron chi connectivity index (χ2n) is 6.76. The van der Waals surface area contributed by atoms with Gasteiger partial charge in [-0.25, -0.2) is 4.39 Å². The van der Waals surface area contributed by atoms with Gasteiger partial charge in [-0.15, -0.1) is 0 Å². The number of hydroxylamine groups is 2. The predicted octanol–water partition coefficient (Wildman–Crippen LogP) is 5.09. The van der Waals surface area contributed by atoms with E-state index in [4.69, 9.17) is 4.84 Å². The van der Waals surface area contributed by atoms with Gasteiger partial charge in [0, 0.05) is 24.5 Å². The van der Waals surface area contributed by atoms with Gasteiger partial charge in [0.1, 0.15) is 12.4 Å². The molecule has 1 heterocycles. The van der Waals surface area contributed by atoms with Gasteiger partial charge in [-0.1, -0.05) is 54.6 Å². The highest BCUT2D eigenvalue weighted by atomic mass is 19.1. The fourth-order valence-electron chi connectivity index (χ4n) is 3.83. The van der Waals surface area contributed by atoms with E-state index in [1.807, 2.05) is 30.6 Å². The molecule has 5 rings (SSSR count). The van der Waals surface area contributed by atoms with E-state index >= 15 is 0 Å². The van der Waals surface area contributed by atoms with E-state index in [0.717, 1.165) is 34.6 Å². The fraction of sp³-hybridized carbons (Fsp3) is 0.130. The van der Waals surface area contributed by atoms with Crippen molar-refractivity contribution in [3.05, 3.63) is 84.4 Å². The lowest BCUT2D eigenvalue weighted by Gasteiger charge is -2.23. The summed E-state index contributed by atoms with van der Waals surface area (Å²) in [5.74, 6) is -0.234. The average Bonchev–Trinajstić information content (AvgIpc) is 2.73. The van der Waals surface area contributed by atoms with Crippen LogP contribution in [-0.4, -0.2) is 18.2 Å². The Labute approximate surface area is 156 Å². The predicted molar refractivity (Wildman–Crippen MR) is 108 cm³/mol. The molecule has 27 heavy (non-hydrogen) atoms. The Balaban J connectivity index is 1.70. The second kappa shape index (κ2) is 6.56. The molecule has 3 nitrogen and oxygen atoms in total. The first-order chi connectivity index (χ1) is 13.3. The average molecular weight is 358 g/mol. The Morgan fingerprint density at radius 3 is 2.59 bits per heavy atom. The molecule has 0 saturated heterocycles. The van der Waals surface area contributed by atoms with Crippen molar-refractivity contribution in [3.8, 4) is 0 Å². The Bertz CT molecular complexity index is 1190. The summed E-state index contributed by atoms with van der Waals surface area (Å²) in [4.78, 5) is 5.86. The minimum Gasteiger partial charge on any atom is -0.388 e. The van der Waals surface area contributed by atoms with Crippen LogP contribution in [0.4, 0.5) is 4.39 Å². The third kappa shape index (κ3) is 2.78. The van der Waals surface area contributed by atoms with E-state index < -0.39 is 0 Å². The molecule has 0 fully saturated rings. The number of fused-ring (bicyclic) bond motifs is 5. The van der Waals surface area contributed by atoms with Crippen molar-refractivity contribution in [2.24, 2.45) is 0 Å². The zero-order chi connectivity index (χ0) is 18.2. The first-order valence-electron chi connectivity index (χ1n) is 9.12. The maximum Gasteiger partial charge on any atom is 0.129 e. The van der Waals surface area contributed by atoms with E-state index in [9.17, 15) is 4.39 Å². The molecule has 4 heteroatoms. The highest BCUT2D eigenvalue weighted by molar-refractivity contribution is 6.18. The van der Waals surface area contributed by atoms with Gasteiger partial charge in [0.15, 0.2) is 0 Å². The van der Waals surface area contributed by atoms with Crippen LogP contribution in [-0.2, 0) is 11.4 Å². The van der Waals surface area contributed by atoms with Crippen LogP contribution in [0.15, 0.2) is 73.1 Å². The van der Waals surface area contributed by atoms with E-state index in [1.54, 1.807) is 5.06 Å². The molecule has 0 aliphatic carbocycles. The van der Waals surface area contributed by atoms with Crippen LogP contribution in [0.5, 0.6) is 0 Å². The highest BCUT2D eigenvalue weighted by Gasteiger charge is 2.14. The lowest BCUT2D eigenvalue weighted by molar-refractivity contribution is -0.133. The molecule has 4 aromatic carbocycles. The van der Waals surface area contributed by atoms with Crippen LogP contribution in [0.3, 0.4) is 0 Å². The lowest BCUT2D eigenvalue weighted by atomic mass is 9.94. The number of halogens is 1. The Hall–Kier alpha value is -3.11. The molecule has 0 unspecified atom stereocenters. The van der Waals surface area contributed by atoms with Crippen molar-refractivity contribution < 1.29 is 9.23 Å². The van der Waals surface area contributed by atoms with Gasteiger partial charge in [0.05, 0.1) is 6.54 Å². The van der Waals surface area contributed by atoms with Crippen LogP contribution in [0, 0.1) is 5.82 Å². The zero-order valence-corrected chi connectivity index (χ0v) is 14.8. The monoisotopic (exact) mass is 358 g/mol. The molecule has 0 amide bonds. The molecule has 1 aliphatic rings. The summed E-state index contributed by atoms with van der Waals surface area (Å²) >= 11 is 0. The number of hydrogen-bond acceptors (Lipinski definition) is 3. The Kier molecular flexibility index (Phi) is 3.91. The first-order valence-corrected chi connectivity index (χ1v) is 9.12. The van der Waals surface area contributed by atoms with Gasteiger partial charge in [-0.2, -0.15) is 0 Å². The number of nitrogens with zero attached hydrogens (tertiary/aromatic N) is 1. The molecule has 0 radical (unpaired) electrons. The van der Waals surface area contributed by atoms with Gasteiger partial charge >= 0.3 is 0 Å². The molecule has 0 bridgehead atoms. The molecular formula is C23H19FN2O. The van der Waals surface area contributed by atoms with Gasteiger partial charge in [-0.3, -0.25) is 9.90 Å². The van der Waals surface area contributed by atoms with Crippen LogP contribution < -0.4 is 5.32 Å². The largest absolute Gasteiger partial charge is 0.388 e. The van der Waals surface area contributed by atoms with Gasteiger partial charge in [0.25, 0.3) is 0 Å². The molecular weight excluding hydrogens is 339 g/mol. The highest BCUT2D eigenvalue weighted by Crippen LogP contribution is 2.34. The van der Waals surface area contributed by atoms with Crippen molar-refractivity contribution in [2.75, 3.05) is 13.1 Å². The number of nitrogens with one attached hydrogen (secondary N) is 1. The second-order valence-corrected chi connectivity index (χ2v) is 6.76. The van der Waals surface area contributed by atoms with E-state index in [1.165, 1.54) is 16.8 Å². The van der Waals surface area contributed by atoms with Crippen molar-refractivity contribution in [2.45, 2.75) is 6.61 Å². The maximum atomic E-state index is 14.8. The van der Waals surface area contributed by atoms with Gasteiger partial charge in [-0.05, 0) is 38.4 Å². The molecule has 0 saturated carbocycles. The molecule has 0 atom stereocenters. The van der Waals surface area contributed by atoms with Gasteiger partial charge in [0.2, 0.25) is 0 Å². The quantitative estimate of drug-likeness (QED) is 0.516. The minimum atomic E-state index is -0.234. The summed E-state index contributed by atoms with van der Waals surface area (Å²) in [6.07, 6.45) is 3.67. The first kappa shape index (κ1) is 16.1. The minimum absolute atomic E-state index is 0.194. The van der Waals surface area contributed by atoms with E-state index in [-0.39, 0.29) is 12.4 Å². The number of benzene rings is 4. The summed E-state index contributed by atoms with van der Waals surface area (Å²) in [5, 5.41) is 11.4. The van der Waals surface area contributed by atoms with E-state index in [0.29, 0.717) is 5.56 Å². The lowest BCUT2D eigenvalue weighted by Crippen LogP contribution is -2.31. The molecule has 1 N–H and O–H groups in total. The summed E-state index contributed by atoms with van der Waals surface area (Å²) in [6, 6.07) is 20.1. The fourth-order valence-corrected chi connectivity index (χ4v) is 3.83. The normalized spacial score (nSPS) is 14.2. The molecule has 1 aliphatic heterocycles. The summed E-state index contributed by atoms with van der Waals surface area (Å²) in [5.41, 5.74) is 0.598. The Morgan fingerprint density at radius 2 is 1.70 bits per heavy atom. The summed E-state index contributed by atoms with van der Waals surface area (Å²) in [7, 11) is 0. The topological polar surface area (TPSA) is 24.5 Å². The zero-order valence-electron chi connectivity index (χ0n) is 14.8. The SMILES string of the molecule is Fc1ccc2ccc3c4ccccc4ccc3c2c1CON1C=CNCC1. The molecule has 0 spiro atoms. The van der Waals surface area contributed by atoms with Crippen molar-refractivity contribution >= 4 is 32.3 Å². The van der Waals surface area contributed by atoms with Crippen molar-refractivity contribution in [1.29, 1.82) is 0 Å². The van der Waals surface area contributed by atoms with Crippen LogP contribution >= 0.6 is 0 Å². The van der Waals surface area contributed by atoms with Crippen LogP contribution in [0.1, 0.15) is 5.56 Å². The molecule has 4 aromatic rings. The van der Waals surface area contributed by atoms with E-state index in [2.05, 4.69) is 41.7 Å². The van der Waals surface area contributed by atoms with Gasteiger partial charge < -0.3 is 5.32 Å². The third-order valence-electron chi connectivity index (χ3n) is 5.17. The van der Waals surface area contributed by atoms with Crippen molar-refractivity contribution in [1.82, 2.24) is 10.4 Å².